The van der Waals surface area contributed by atoms with Gasteiger partial charge in [-0.2, -0.15) is 0 Å². The van der Waals surface area contributed by atoms with E-state index in [1.165, 1.54) is 0 Å². The summed E-state index contributed by atoms with van der Waals surface area (Å²) in [7, 11) is 1.89. The topological polar surface area (TPSA) is 41.1 Å². The monoisotopic (exact) mass is 256 g/mol. The van der Waals surface area contributed by atoms with Crippen molar-refractivity contribution in [3.63, 3.8) is 0 Å². The fraction of sp³-hybridized carbons (Fsp3) is 0.462. The van der Waals surface area contributed by atoms with Crippen LogP contribution in [0.1, 0.15) is 25.3 Å². The van der Waals surface area contributed by atoms with Gasteiger partial charge in [0.2, 0.25) is 5.91 Å². The van der Waals surface area contributed by atoms with Crippen molar-refractivity contribution in [2.75, 3.05) is 13.6 Å². The summed E-state index contributed by atoms with van der Waals surface area (Å²) in [6.45, 7) is 4.62. The first-order valence-electron chi connectivity index (χ1n) is 5.65. The molecule has 17 heavy (non-hydrogen) atoms. The number of halogens is 1. The van der Waals surface area contributed by atoms with Gasteiger partial charge >= 0.3 is 0 Å². The Hall–Kier alpha value is -1.06. The summed E-state index contributed by atoms with van der Waals surface area (Å²) in [5.41, 5.74) is 1.05. The summed E-state index contributed by atoms with van der Waals surface area (Å²) < 4.78 is 0. The molecule has 0 aromatic heterocycles. The van der Waals surface area contributed by atoms with E-state index in [0.29, 0.717) is 12.6 Å². The van der Waals surface area contributed by atoms with Crippen LogP contribution >= 0.6 is 12.4 Å². The highest BCUT2D eigenvalue weighted by molar-refractivity contribution is 5.85. The van der Waals surface area contributed by atoms with Crippen LogP contribution in [0.2, 0.25) is 0 Å². The Morgan fingerprint density at radius 2 is 1.82 bits per heavy atom. The third-order valence-corrected chi connectivity index (χ3v) is 2.77. The van der Waals surface area contributed by atoms with E-state index in [9.17, 15) is 4.79 Å². The van der Waals surface area contributed by atoms with Gasteiger partial charge in [0.15, 0.2) is 0 Å². The standard InChI is InChI=1S/C13H20N2O.ClH/c1-10(14-3)9-15-13(16)11(2)12-7-5-4-6-8-12;/h4-8,10-11,14H,9H2,1-3H3,(H,15,16);1H. The molecule has 0 saturated carbocycles. The quantitative estimate of drug-likeness (QED) is 0.845. The van der Waals surface area contributed by atoms with Crippen LogP contribution in [-0.4, -0.2) is 25.5 Å². The summed E-state index contributed by atoms with van der Waals surface area (Å²) in [6.07, 6.45) is 0. The lowest BCUT2D eigenvalue weighted by Crippen LogP contribution is -2.38. The van der Waals surface area contributed by atoms with Gasteiger partial charge in [0, 0.05) is 12.6 Å². The Bertz CT molecular complexity index is 329. The van der Waals surface area contributed by atoms with Gasteiger partial charge in [0.05, 0.1) is 5.92 Å². The van der Waals surface area contributed by atoms with E-state index in [2.05, 4.69) is 10.6 Å². The molecule has 1 amide bonds. The smallest absolute Gasteiger partial charge is 0.227 e. The molecule has 3 nitrogen and oxygen atoms in total. The lowest BCUT2D eigenvalue weighted by atomic mass is 10.0. The molecule has 0 aliphatic carbocycles. The molecule has 96 valence electrons. The van der Waals surface area contributed by atoms with Crippen LogP contribution in [0.5, 0.6) is 0 Å². The van der Waals surface area contributed by atoms with Gasteiger partial charge < -0.3 is 10.6 Å². The van der Waals surface area contributed by atoms with Gasteiger partial charge in [0.25, 0.3) is 0 Å². The summed E-state index contributed by atoms with van der Waals surface area (Å²) in [5, 5.41) is 6.01. The Morgan fingerprint density at radius 1 is 1.24 bits per heavy atom. The van der Waals surface area contributed by atoms with Crippen LogP contribution in [-0.2, 0) is 4.79 Å². The van der Waals surface area contributed by atoms with E-state index in [4.69, 9.17) is 0 Å². The molecule has 0 aliphatic rings. The average molecular weight is 257 g/mol. The average Bonchev–Trinajstić information content (AvgIpc) is 2.35. The third kappa shape index (κ3) is 5.20. The predicted molar refractivity (Wildman–Crippen MR) is 73.6 cm³/mol. The number of benzene rings is 1. The van der Waals surface area contributed by atoms with Crippen molar-refractivity contribution >= 4 is 18.3 Å². The van der Waals surface area contributed by atoms with Crippen molar-refractivity contribution in [3.05, 3.63) is 35.9 Å². The Labute approximate surface area is 109 Å². The van der Waals surface area contributed by atoms with Gasteiger partial charge in [-0.1, -0.05) is 30.3 Å². The van der Waals surface area contributed by atoms with Crippen LogP contribution in [0, 0.1) is 0 Å². The second kappa shape index (κ2) is 8.09. The Morgan fingerprint density at radius 3 is 2.35 bits per heavy atom. The zero-order chi connectivity index (χ0) is 12.0. The first-order chi connectivity index (χ1) is 7.65. The van der Waals surface area contributed by atoms with Gasteiger partial charge in [-0.05, 0) is 26.5 Å². The van der Waals surface area contributed by atoms with Crippen molar-refractivity contribution < 1.29 is 4.79 Å². The molecule has 0 heterocycles. The minimum Gasteiger partial charge on any atom is -0.354 e. The number of likely N-dealkylation sites (N-methyl/N-ethyl adjacent to an activating group) is 1. The number of carbonyl (C=O) groups excluding carboxylic acids is 1. The van der Waals surface area contributed by atoms with E-state index in [1.807, 2.05) is 51.2 Å². The molecular weight excluding hydrogens is 236 g/mol. The van der Waals surface area contributed by atoms with Crippen LogP contribution < -0.4 is 10.6 Å². The van der Waals surface area contributed by atoms with E-state index < -0.39 is 0 Å². The molecule has 2 N–H and O–H groups in total. The van der Waals surface area contributed by atoms with E-state index in [-0.39, 0.29) is 24.2 Å². The SMILES string of the molecule is CNC(C)CNC(=O)C(C)c1ccccc1.Cl. The molecule has 0 fully saturated rings. The predicted octanol–water partition coefficient (Wildman–Crippen LogP) is 1.94. The lowest BCUT2D eigenvalue weighted by molar-refractivity contribution is -0.122. The molecule has 0 radical (unpaired) electrons. The molecule has 0 bridgehead atoms. The summed E-state index contributed by atoms with van der Waals surface area (Å²) >= 11 is 0. The van der Waals surface area contributed by atoms with E-state index in [1.54, 1.807) is 0 Å². The first-order valence-corrected chi connectivity index (χ1v) is 5.65. The summed E-state index contributed by atoms with van der Waals surface area (Å²) in [4.78, 5) is 11.8. The maximum absolute atomic E-state index is 11.8. The second-order valence-corrected chi connectivity index (χ2v) is 4.07. The first kappa shape index (κ1) is 15.9. The molecule has 2 unspecified atom stereocenters. The molecule has 1 aromatic rings. The molecule has 0 saturated heterocycles. The number of nitrogens with one attached hydrogen (secondary N) is 2. The molecule has 4 heteroatoms. The number of carbonyl (C=O) groups is 1. The van der Waals surface area contributed by atoms with Crippen LogP contribution in [0.3, 0.4) is 0 Å². The number of hydrogen-bond acceptors (Lipinski definition) is 2. The van der Waals surface area contributed by atoms with E-state index >= 15 is 0 Å². The van der Waals surface area contributed by atoms with Crippen molar-refractivity contribution in [3.8, 4) is 0 Å². The normalized spacial score (nSPS) is 13.4. The number of hydrogen-bond donors (Lipinski definition) is 2. The van der Waals surface area contributed by atoms with Crippen LogP contribution in [0.4, 0.5) is 0 Å². The Balaban J connectivity index is 0.00000256. The molecule has 1 rings (SSSR count). The highest BCUT2D eigenvalue weighted by atomic mass is 35.5. The van der Waals surface area contributed by atoms with Gasteiger partial charge in [-0.15, -0.1) is 12.4 Å². The van der Waals surface area contributed by atoms with E-state index in [0.717, 1.165) is 5.56 Å². The summed E-state index contributed by atoms with van der Waals surface area (Å²) in [6, 6.07) is 10.1. The second-order valence-electron chi connectivity index (χ2n) is 4.07. The van der Waals surface area contributed by atoms with Crippen molar-refractivity contribution in [2.45, 2.75) is 25.8 Å². The van der Waals surface area contributed by atoms with Crippen LogP contribution in [0.25, 0.3) is 0 Å². The highest BCUT2D eigenvalue weighted by Crippen LogP contribution is 2.14. The lowest BCUT2D eigenvalue weighted by Gasteiger charge is -2.15. The van der Waals surface area contributed by atoms with Crippen LogP contribution in [0.15, 0.2) is 30.3 Å². The molecule has 0 spiro atoms. The number of rotatable bonds is 5. The van der Waals surface area contributed by atoms with Gasteiger partial charge in [0.1, 0.15) is 0 Å². The summed E-state index contributed by atoms with van der Waals surface area (Å²) in [5.74, 6) is -0.0152. The third-order valence-electron chi connectivity index (χ3n) is 2.77. The maximum atomic E-state index is 11.8. The van der Waals surface area contributed by atoms with Crippen molar-refractivity contribution in [1.29, 1.82) is 0 Å². The highest BCUT2D eigenvalue weighted by Gasteiger charge is 2.14. The minimum absolute atomic E-state index is 0. The molecule has 0 aliphatic heterocycles. The fourth-order valence-electron chi connectivity index (χ4n) is 1.40. The zero-order valence-electron chi connectivity index (χ0n) is 10.6. The Kier molecular flexibility index (Phi) is 7.59. The molecule has 1 aromatic carbocycles. The maximum Gasteiger partial charge on any atom is 0.227 e. The largest absolute Gasteiger partial charge is 0.354 e. The van der Waals surface area contributed by atoms with Crippen molar-refractivity contribution in [1.82, 2.24) is 10.6 Å². The zero-order valence-corrected chi connectivity index (χ0v) is 11.4. The van der Waals surface area contributed by atoms with Gasteiger partial charge in [-0.25, -0.2) is 0 Å². The van der Waals surface area contributed by atoms with Crippen molar-refractivity contribution in [2.24, 2.45) is 0 Å². The molecule has 2 atom stereocenters. The molecular formula is C13H21ClN2O. The number of amides is 1. The fourth-order valence-corrected chi connectivity index (χ4v) is 1.40. The minimum atomic E-state index is -0.0924. The van der Waals surface area contributed by atoms with Gasteiger partial charge in [-0.3, -0.25) is 4.79 Å².